The lowest BCUT2D eigenvalue weighted by Gasteiger charge is -2.16. The lowest BCUT2D eigenvalue weighted by molar-refractivity contribution is 0.0911. The van der Waals surface area contributed by atoms with Crippen LogP contribution in [0.5, 0.6) is 0 Å². The van der Waals surface area contributed by atoms with E-state index in [1.807, 2.05) is 12.1 Å². The minimum atomic E-state index is -1.60. The maximum atomic E-state index is 13.3. The molecule has 3 rings (SSSR count). The molecule has 1 heterocycles. The van der Waals surface area contributed by atoms with E-state index in [1.165, 1.54) is 0 Å². The number of carbonyl (C=O) groups is 1. The highest BCUT2D eigenvalue weighted by Gasteiger charge is 2.20. The summed E-state index contributed by atoms with van der Waals surface area (Å²) in [5, 5.41) is 12.7. The van der Waals surface area contributed by atoms with Crippen LogP contribution in [0.3, 0.4) is 0 Å². The van der Waals surface area contributed by atoms with Crippen LogP contribution < -0.4 is 5.32 Å². The van der Waals surface area contributed by atoms with Gasteiger partial charge in [-0.25, -0.2) is 13.2 Å². The van der Waals surface area contributed by atoms with Crippen LogP contribution in [0.25, 0.3) is 10.9 Å². The van der Waals surface area contributed by atoms with Crippen molar-refractivity contribution in [2.24, 2.45) is 0 Å². The quantitative estimate of drug-likeness (QED) is 0.642. The van der Waals surface area contributed by atoms with E-state index in [0.29, 0.717) is 0 Å². The van der Waals surface area contributed by atoms with Crippen LogP contribution >= 0.6 is 0 Å². The Balaban J connectivity index is 1.85. The zero-order valence-corrected chi connectivity index (χ0v) is 12.3. The molecule has 1 atom stereocenters. The number of halogens is 3. The van der Waals surface area contributed by atoms with Crippen LogP contribution in [0, 0.1) is 17.5 Å². The van der Waals surface area contributed by atoms with Gasteiger partial charge in [0.2, 0.25) is 0 Å². The number of rotatable bonds is 4. The fourth-order valence-corrected chi connectivity index (χ4v) is 2.44. The fourth-order valence-electron chi connectivity index (χ4n) is 2.44. The van der Waals surface area contributed by atoms with Crippen molar-refractivity contribution in [1.29, 1.82) is 0 Å². The van der Waals surface area contributed by atoms with Crippen LogP contribution in [0.1, 0.15) is 22.1 Å². The number of aromatic nitrogens is 1. The number of nitrogens with one attached hydrogen (secondary N) is 2. The van der Waals surface area contributed by atoms with E-state index in [9.17, 15) is 23.1 Å². The number of hydrogen-bond donors (Lipinski definition) is 3. The van der Waals surface area contributed by atoms with Gasteiger partial charge in [0.15, 0.2) is 17.5 Å². The Morgan fingerprint density at radius 1 is 1.12 bits per heavy atom. The molecule has 0 aliphatic carbocycles. The molecule has 0 bridgehead atoms. The number of aromatic amines is 1. The maximum absolute atomic E-state index is 13.3. The van der Waals surface area contributed by atoms with E-state index < -0.39 is 36.0 Å². The first-order valence-corrected chi connectivity index (χ1v) is 7.13. The van der Waals surface area contributed by atoms with Crippen molar-refractivity contribution >= 4 is 16.8 Å². The highest BCUT2D eigenvalue weighted by atomic mass is 19.2. The van der Waals surface area contributed by atoms with Gasteiger partial charge in [-0.2, -0.15) is 0 Å². The number of amides is 1. The molecule has 3 N–H and O–H groups in total. The topological polar surface area (TPSA) is 65.1 Å². The van der Waals surface area contributed by atoms with E-state index >= 15 is 0 Å². The third-order valence-electron chi connectivity index (χ3n) is 3.67. The summed E-state index contributed by atoms with van der Waals surface area (Å²) in [7, 11) is 0. The molecule has 0 radical (unpaired) electrons. The summed E-state index contributed by atoms with van der Waals surface area (Å²) in [4.78, 5) is 15.2. The summed E-state index contributed by atoms with van der Waals surface area (Å²) in [6.45, 7) is -0.601. The molecule has 1 aromatic heterocycles. The van der Waals surface area contributed by atoms with E-state index in [1.54, 1.807) is 18.2 Å². The van der Waals surface area contributed by atoms with Crippen LogP contribution in [-0.4, -0.2) is 22.6 Å². The van der Waals surface area contributed by atoms with Gasteiger partial charge in [0.25, 0.3) is 5.91 Å². The smallest absolute Gasteiger partial charge is 0.268 e. The van der Waals surface area contributed by atoms with E-state index in [0.717, 1.165) is 23.0 Å². The molecule has 0 spiro atoms. The van der Waals surface area contributed by atoms with E-state index in [4.69, 9.17) is 0 Å². The number of carbonyl (C=O) groups excluding carboxylic acids is 1. The molecule has 0 saturated carbocycles. The zero-order chi connectivity index (χ0) is 17.3. The summed E-state index contributed by atoms with van der Waals surface area (Å²) >= 11 is 0. The SMILES string of the molecule is O=C(NC(CO)c1cc(F)c(F)c(F)c1)c1cc2ccccc2[nH]1. The molecule has 7 heteroatoms. The van der Waals surface area contributed by atoms with Crippen molar-refractivity contribution in [2.75, 3.05) is 6.61 Å². The number of fused-ring (bicyclic) bond motifs is 1. The molecule has 4 nitrogen and oxygen atoms in total. The summed E-state index contributed by atoms with van der Waals surface area (Å²) in [6, 6.07) is 9.26. The molecule has 0 aliphatic rings. The summed E-state index contributed by atoms with van der Waals surface area (Å²) in [5.74, 6) is -4.93. The van der Waals surface area contributed by atoms with E-state index in [-0.39, 0.29) is 11.3 Å². The fraction of sp³-hybridized carbons (Fsp3) is 0.118. The molecule has 1 unspecified atom stereocenters. The van der Waals surface area contributed by atoms with Gasteiger partial charge >= 0.3 is 0 Å². The molecule has 1 amide bonds. The Morgan fingerprint density at radius 3 is 2.42 bits per heavy atom. The number of aliphatic hydroxyl groups excluding tert-OH is 1. The average Bonchev–Trinajstić information content (AvgIpc) is 3.01. The van der Waals surface area contributed by atoms with Crippen LogP contribution in [-0.2, 0) is 0 Å². The third kappa shape index (κ3) is 2.98. The summed E-state index contributed by atoms with van der Waals surface area (Å²) in [6.07, 6.45) is 0. The van der Waals surface area contributed by atoms with Crippen molar-refractivity contribution < 1.29 is 23.1 Å². The lowest BCUT2D eigenvalue weighted by atomic mass is 10.1. The molecular weight excluding hydrogens is 321 g/mol. The molecule has 0 saturated heterocycles. The number of benzene rings is 2. The van der Waals surface area contributed by atoms with Crippen LogP contribution in [0.2, 0.25) is 0 Å². The van der Waals surface area contributed by atoms with Crippen LogP contribution in [0.15, 0.2) is 42.5 Å². The molecule has 0 fully saturated rings. The minimum Gasteiger partial charge on any atom is -0.394 e. The normalized spacial score (nSPS) is 12.3. The number of aliphatic hydroxyl groups is 1. The van der Waals surface area contributed by atoms with Gasteiger partial charge in [0, 0.05) is 10.9 Å². The maximum Gasteiger partial charge on any atom is 0.268 e. The monoisotopic (exact) mass is 334 g/mol. The van der Waals surface area contributed by atoms with Crippen molar-refractivity contribution in [2.45, 2.75) is 6.04 Å². The molecule has 0 aliphatic heterocycles. The number of para-hydroxylation sites is 1. The van der Waals surface area contributed by atoms with Gasteiger partial charge in [-0.3, -0.25) is 4.79 Å². The highest BCUT2D eigenvalue weighted by Crippen LogP contribution is 2.20. The average molecular weight is 334 g/mol. The third-order valence-corrected chi connectivity index (χ3v) is 3.67. The largest absolute Gasteiger partial charge is 0.394 e. The van der Waals surface area contributed by atoms with Crippen LogP contribution in [0.4, 0.5) is 13.2 Å². The van der Waals surface area contributed by atoms with Crippen molar-refractivity contribution in [3.63, 3.8) is 0 Å². The summed E-state index contributed by atoms with van der Waals surface area (Å²) in [5.41, 5.74) is 0.915. The van der Waals surface area contributed by atoms with Crippen molar-refractivity contribution in [3.05, 3.63) is 71.2 Å². The molecule has 3 aromatic rings. The first-order valence-electron chi connectivity index (χ1n) is 7.13. The minimum absolute atomic E-state index is 0.0710. The molecule has 24 heavy (non-hydrogen) atoms. The second-order valence-electron chi connectivity index (χ2n) is 5.28. The first kappa shape index (κ1) is 16.1. The Morgan fingerprint density at radius 2 is 1.79 bits per heavy atom. The number of H-pyrrole nitrogens is 1. The van der Waals surface area contributed by atoms with Gasteiger partial charge < -0.3 is 15.4 Å². The number of hydrogen-bond acceptors (Lipinski definition) is 2. The Hall–Kier alpha value is -2.80. The Bertz CT molecular complexity index is 852. The predicted octanol–water partition coefficient (Wildman–Crippen LogP) is 3.05. The standard InChI is InChI=1S/C17H13F3N2O2/c18-11-5-10(6-12(19)16(11)20)15(8-23)22-17(24)14-7-9-3-1-2-4-13(9)21-14/h1-7,15,21,23H,8H2,(H,22,24). The first-order chi connectivity index (χ1) is 11.5. The Labute approximate surface area is 134 Å². The highest BCUT2D eigenvalue weighted by molar-refractivity contribution is 5.98. The van der Waals surface area contributed by atoms with Gasteiger partial charge in [-0.1, -0.05) is 18.2 Å². The lowest BCUT2D eigenvalue weighted by Crippen LogP contribution is -2.31. The van der Waals surface area contributed by atoms with E-state index in [2.05, 4.69) is 10.3 Å². The molecular formula is C17H13F3N2O2. The van der Waals surface area contributed by atoms with Gasteiger partial charge in [-0.05, 0) is 29.8 Å². The predicted molar refractivity (Wildman–Crippen MR) is 81.9 cm³/mol. The second-order valence-corrected chi connectivity index (χ2v) is 5.28. The Kier molecular flexibility index (Phi) is 4.26. The molecule has 124 valence electrons. The second kappa shape index (κ2) is 6.37. The zero-order valence-electron chi connectivity index (χ0n) is 12.3. The molecule has 2 aromatic carbocycles. The summed E-state index contributed by atoms with van der Waals surface area (Å²) < 4.78 is 39.7. The van der Waals surface area contributed by atoms with Crippen molar-refractivity contribution in [1.82, 2.24) is 10.3 Å². The van der Waals surface area contributed by atoms with Gasteiger partial charge in [-0.15, -0.1) is 0 Å². The van der Waals surface area contributed by atoms with Gasteiger partial charge in [0.05, 0.1) is 12.6 Å². The van der Waals surface area contributed by atoms with Gasteiger partial charge in [0.1, 0.15) is 5.69 Å². The van der Waals surface area contributed by atoms with Crippen molar-refractivity contribution in [3.8, 4) is 0 Å².